The maximum atomic E-state index is 12.7. The van der Waals surface area contributed by atoms with Crippen LogP contribution in [0.1, 0.15) is 16.8 Å². The molecule has 1 spiro atoms. The van der Waals surface area contributed by atoms with E-state index in [0.717, 1.165) is 0 Å². The van der Waals surface area contributed by atoms with Crippen molar-refractivity contribution in [2.45, 2.75) is 24.4 Å². The van der Waals surface area contributed by atoms with Gasteiger partial charge >= 0.3 is 5.97 Å². The van der Waals surface area contributed by atoms with Gasteiger partial charge in [0.25, 0.3) is 0 Å². The van der Waals surface area contributed by atoms with Crippen molar-refractivity contribution in [3.05, 3.63) is 35.9 Å². The Hall–Kier alpha value is -2.04. The van der Waals surface area contributed by atoms with Gasteiger partial charge in [-0.05, 0) is 12.1 Å². The first-order valence-corrected chi connectivity index (χ1v) is 9.66. The van der Waals surface area contributed by atoms with Crippen LogP contribution in [0.4, 0.5) is 0 Å². The Kier molecular flexibility index (Phi) is 6.41. The second-order valence-electron chi connectivity index (χ2n) is 6.99. The van der Waals surface area contributed by atoms with E-state index in [9.17, 15) is 4.79 Å². The predicted octanol–water partition coefficient (Wildman–Crippen LogP) is 1.37. The molecule has 158 valence electrons. The van der Waals surface area contributed by atoms with Crippen LogP contribution in [0.5, 0.6) is 0 Å². The zero-order valence-corrected chi connectivity index (χ0v) is 16.3. The molecule has 0 bridgehead atoms. The molecular weight excluding hydrogens is 382 g/mol. The highest BCUT2D eigenvalue weighted by atomic mass is 16.7. The Balaban J connectivity index is 1.51. The van der Waals surface area contributed by atoms with Crippen LogP contribution in [-0.4, -0.2) is 76.6 Å². The third-order valence-corrected chi connectivity index (χ3v) is 5.19. The molecule has 0 radical (unpaired) electrons. The SMILES string of the molecule is COCCOCO[C@@H]1[C@@H]2CON=C2C2(C[C@H]1OC(=O)c1ccccc1)OCCO2. The Morgan fingerprint density at radius 1 is 1.21 bits per heavy atom. The van der Waals surface area contributed by atoms with Gasteiger partial charge < -0.3 is 33.3 Å². The van der Waals surface area contributed by atoms with Crippen LogP contribution in [0.2, 0.25) is 0 Å². The van der Waals surface area contributed by atoms with Gasteiger partial charge in [-0.15, -0.1) is 0 Å². The summed E-state index contributed by atoms with van der Waals surface area (Å²) in [5.74, 6) is -1.74. The molecule has 29 heavy (non-hydrogen) atoms. The molecule has 9 heteroatoms. The maximum Gasteiger partial charge on any atom is 0.338 e. The summed E-state index contributed by atoms with van der Waals surface area (Å²) < 4.78 is 34.0. The lowest BCUT2D eigenvalue weighted by molar-refractivity contribution is -0.191. The molecule has 2 heterocycles. The highest BCUT2D eigenvalue weighted by Crippen LogP contribution is 2.42. The Morgan fingerprint density at radius 2 is 2.00 bits per heavy atom. The summed E-state index contributed by atoms with van der Waals surface area (Å²) in [6, 6.07) is 8.83. The van der Waals surface area contributed by atoms with Crippen molar-refractivity contribution in [3.63, 3.8) is 0 Å². The molecule has 2 fully saturated rings. The number of carbonyl (C=O) groups is 1. The van der Waals surface area contributed by atoms with Crippen molar-refractivity contribution in [2.75, 3.05) is 46.9 Å². The van der Waals surface area contributed by atoms with Crippen LogP contribution >= 0.6 is 0 Å². The summed E-state index contributed by atoms with van der Waals surface area (Å²) >= 11 is 0. The lowest BCUT2D eigenvalue weighted by Crippen LogP contribution is -2.59. The third kappa shape index (κ3) is 4.29. The molecule has 2 aliphatic heterocycles. The first kappa shape index (κ1) is 20.2. The third-order valence-electron chi connectivity index (χ3n) is 5.19. The Morgan fingerprint density at radius 3 is 2.76 bits per heavy atom. The lowest BCUT2D eigenvalue weighted by Gasteiger charge is -2.42. The zero-order chi connectivity index (χ0) is 20.1. The lowest BCUT2D eigenvalue weighted by atomic mass is 9.79. The quantitative estimate of drug-likeness (QED) is 0.362. The van der Waals surface area contributed by atoms with Crippen molar-refractivity contribution in [1.29, 1.82) is 0 Å². The first-order valence-electron chi connectivity index (χ1n) is 9.66. The fourth-order valence-corrected chi connectivity index (χ4v) is 3.84. The Labute approximate surface area is 168 Å². The second-order valence-corrected chi connectivity index (χ2v) is 6.99. The van der Waals surface area contributed by atoms with Gasteiger partial charge in [-0.1, -0.05) is 23.4 Å². The van der Waals surface area contributed by atoms with Crippen LogP contribution in [0.3, 0.4) is 0 Å². The number of rotatable bonds is 8. The summed E-state index contributed by atoms with van der Waals surface area (Å²) in [7, 11) is 1.60. The fraction of sp³-hybridized carbons (Fsp3) is 0.600. The van der Waals surface area contributed by atoms with E-state index < -0.39 is 24.0 Å². The van der Waals surface area contributed by atoms with Crippen molar-refractivity contribution in [2.24, 2.45) is 11.1 Å². The van der Waals surface area contributed by atoms with Crippen molar-refractivity contribution >= 4 is 11.7 Å². The Bertz CT molecular complexity index is 718. The number of benzene rings is 1. The van der Waals surface area contributed by atoms with Crippen LogP contribution in [0.15, 0.2) is 35.5 Å². The molecular formula is C20H25NO8. The number of oxime groups is 1. The zero-order valence-electron chi connectivity index (χ0n) is 16.3. The monoisotopic (exact) mass is 407 g/mol. The summed E-state index contributed by atoms with van der Waals surface area (Å²) in [4.78, 5) is 18.0. The van der Waals surface area contributed by atoms with E-state index in [1.807, 2.05) is 6.07 Å². The van der Waals surface area contributed by atoms with Crippen molar-refractivity contribution in [1.82, 2.24) is 0 Å². The number of hydrogen-bond acceptors (Lipinski definition) is 9. The van der Waals surface area contributed by atoms with E-state index in [1.165, 1.54) is 0 Å². The van der Waals surface area contributed by atoms with Crippen LogP contribution in [0, 0.1) is 5.92 Å². The number of fused-ring (bicyclic) bond motifs is 2. The largest absolute Gasteiger partial charge is 0.456 e. The van der Waals surface area contributed by atoms with Gasteiger partial charge in [0.05, 0.1) is 37.9 Å². The smallest absolute Gasteiger partial charge is 0.338 e. The molecule has 3 atom stereocenters. The molecule has 0 aromatic heterocycles. The van der Waals surface area contributed by atoms with Crippen molar-refractivity contribution in [3.8, 4) is 0 Å². The number of esters is 1. The molecule has 0 unspecified atom stereocenters. The molecule has 1 saturated heterocycles. The van der Waals surface area contributed by atoms with Gasteiger partial charge in [0.15, 0.2) is 0 Å². The van der Waals surface area contributed by atoms with Gasteiger partial charge in [0, 0.05) is 13.5 Å². The summed E-state index contributed by atoms with van der Waals surface area (Å²) in [6.07, 6.45) is -0.838. The molecule has 4 rings (SSSR count). The minimum atomic E-state index is -1.04. The van der Waals surface area contributed by atoms with E-state index in [-0.39, 0.29) is 19.1 Å². The number of ether oxygens (including phenoxy) is 6. The fourth-order valence-electron chi connectivity index (χ4n) is 3.84. The predicted molar refractivity (Wildman–Crippen MR) is 99.3 cm³/mol. The number of nitrogens with zero attached hydrogens (tertiary/aromatic N) is 1. The molecule has 1 aromatic carbocycles. The van der Waals surface area contributed by atoms with Gasteiger partial charge in [-0.25, -0.2) is 4.79 Å². The highest BCUT2D eigenvalue weighted by Gasteiger charge is 2.59. The average molecular weight is 407 g/mol. The molecule has 3 aliphatic rings. The summed E-state index contributed by atoms with van der Waals surface area (Å²) in [5.41, 5.74) is 1.11. The minimum Gasteiger partial charge on any atom is -0.456 e. The van der Waals surface area contributed by atoms with Gasteiger partial charge in [0.1, 0.15) is 31.3 Å². The van der Waals surface area contributed by atoms with E-state index >= 15 is 0 Å². The number of carbonyl (C=O) groups excluding carboxylic acids is 1. The normalized spacial score (nSPS) is 27.3. The van der Waals surface area contributed by atoms with Crippen LogP contribution in [0.25, 0.3) is 0 Å². The molecule has 9 nitrogen and oxygen atoms in total. The molecule has 1 aliphatic carbocycles. The van der Waals surface area contributed by atoms with E-state index in [1.54, 1.807) is 31.4 Å². The van der Waals surface area contributed by atoms with E-state index in [4.69, 9.17) is 33.3 Å². The van der Waals surface area contributed by atoms with Gasteiger partial charge in [0.2, 0.25) is 5.79 Å². The standard InChI is InChI=1S/C20H25NO8/c1-23-7-8-24-13-25-17-15-12-28-21-18(15)20(26-9-10-27-20)11-16(17)29-19(22)14-5-3-2-4-6-14/h2-6,15-17H,7-13H2,1H3/t15-,16+,17+/m0/s1. The molecule has 1 aromatic rings. The number of hydrogen-bond donors (Lipinski definition) is 0. The topological polar surface area (TPSA) is 94.0 Å². The van der Waals surface area contributed by atoms with Crippen LogP contribution < -0.4 is 0 Å². The maximum absolute atomic E-state index is 12.7. The van der Waals surface area contributed by atoms with Gasteiger partial charge in [-0.3, -0.25) is 0 Å². The van der Waals surface area contributed by atoms with E-state index in [2.05, 4.69) is 5.16 Å². The molecule has 0 amide bonds. The first-order chi connectivity index (χ1) is 14.2. The molecule has 1 saturated carbocycles. The summed E-state index contributed by atoms with van der Waals surface area (Å²) in [6.45, 7) is 2.08. The van der Waals surface area contributed by atoms with Crippen LogP contribution in [-0.2, 0) is 33.3 Å². The summed E-state index contributed by atoms with van der Waals surface area (Å²) in [5, 5.41) is 4.16. The van der Waals surface area contributed by atoms with E-state index in [0.29, 0.717) is 44.3 Å². The number of methoxy groups -OCH3 is 1. The van der Waals surface area contributed by atoms with Gasteiger partial charge in [-0.2, -0.15) is 0 Å². The average Bonchev–Trinajstić information content (AvgIpc) is 3.41. The van der Waals surface area contributed by atoms with Crippen molar-refractivity contribution < 1.29 is 38.1 Å². The second kappa shape index (κ2) is 9.19. The minimum absolute atomic E-state index is 0.0336. The highest BCUT2D eigenvalue weighted by molar-refractivity contribution is 5.96. The molecule has 0 N–H and O–H groups in total.